The summed E-state index contributed by atoms with van der Waals surface area (Å²) in [6, 6.07) is 3.42. The molecule has 18 heavy (non-hydrogen) atoms. The fourth-order valence-electron chi connectivity index (χ4n) is 1.90. The molecule has 0 amide bonds. The zero-order valence-corrected chi connectivity index (χ0v) is 10.8. The third-order valence-electron chi connectivity index (χ3n) is 3.13. The molecule has 5 nitrogen and oxygen atoms in total. The van der Waals surface area contributed by atoms with E-state index in [4.69, 9.17) is 5.73 Å². The van der Waals surface area contributed by atoms with E-state index in [1.165, 1.54) is 18.2 Å². The summed E-state index contributed by atoms with van der Waals surface area (Å²) in [4.78, 5) is 15.6. The van der Waals surface area contributed by atoms with Gasteiger partial charge in [-0.3, -0.25) is 4.79 Å². The first-order chi connectivity index (χ1) is 8.52. The van der Waals surface area contributed by atoms with Crippen LogP contribution >= 0.6 is 0 Å². The lowest BCUT2D eigenvalue weighted by Crippen LogP contribution is -2.35. The van der Waals surface area contributed by atoms with E-state index in [0.717, 1.165) is 11.0 Å². The van der Waals surface area contributed by atoms with Gasteiger partial charge in [-0.15, -0.1) is 0 Å². The van der Waals surface area contributed by atoms with Crippen molar-refractivity contribution >= 4 is 17.0 Å². The molecule has 2 aromatic rings. The van der Waals surface area contributed by atoms with Crippen molar-refractivity contribution in [2.75, 3.05) is 7.11 Å². The standard InChI is InChI=1S/C13H17N3O2/c1-8-4-11-12(5-9(8)2)16(7-15-11)6-10(14)13(17)18-3/h4-5,7,10H,6,14H2,1-3H3. The number of methoxy groups -OCH3 is 1. The van der Waals surface area contributed by atoms with Crippen molar-refractivity contribution in [2.45, 2.75) is 26.4 Å². The zero-order chi connectivity index (χ0) is 13.3. The molecular weight excluding hydrogens is 230 g/mol. The highest BCUT2D eigenvalue weighted by molar-refractivity contribution is 5.78. The Kier molecular flexibility index (Phi) is 3.34. The number of aryl methyl sites for hydroxylation is 2. The molecule has 0 aliphatic heterocycles. The summed E-state index contributed by atoms with van der Waals surface area (Å²) in [6.07, 6.45) is 1.70. The first-order valence-corrected chi connectivity index (χ1v) is 5.78. The van der Waals surface area contributed by atoms with Gasteiger partial charge in [0.25, 0.3) is 0 Å². The number of hydrogen-bond donors (Lipinski definition) is 1. The topological polar surface area (TPSA) is 70.1 Å². The molecule has 2 N–H and O–H groups in total. The summed E-state index contributed by atoms with van der Waals surface area (Å²) in [5, 5.41) is 0. The van der Waals surface area contributed by atoms with Crippen LogP contribution in [0.15, 0.2) is 18.5 Å². The van der Waals surface area contributed by atoms with Gasteiger partial charge in [0.15, 0.2) is 0 Å². The Labute approximate surface area is 106 Å². The van der Waals surface area contributed by atoms with E-state index in [-0.39, 0.29) is 0 Å². The second-order valence-electron chi connectivity index (χ2n) is 4.45. The largest absolute Gasteiger partial charge is 0.468 e. The molecule has 2 rings (SSSR count). The van der Waals surface area contributed by atoms with Crippen LogP contribution in [0.1, 0.15) is 11.1 Å². The predicted molar refractivity (Wildman–Crippen MR) is 69.2 cm³/mol. The Balaban J connectivity index is 2.35. The van der Waals surface area contributed by atoms with Gasteiger partial charge in [-0.1, -0.05) is 0 Å². The lowest BCUT2D eigenvalue weighted by atomic mass is 10.1. The molecule has 0 saturated carbocycles. The number of rotatable bonds is 3. The number of nitrogens with two attached hydrogens (primary N) is 1. The predicted octanol–water partition coefficient (Wildman–Crippen LogP) is 1.15. The number of fused-ring (bicyclic) bond motifs is 1. The highest BCUT2D eigenvalue weighted by Gasteiger charge is 2.15. The zero-order valence-electron chi connectivity index (χ0n) is 10.8. The summed E-state index contributed by atoms with van der Waals surface area (Å²) < 4.78 is 6.50. The minimum atomic E-state index is -0.672. The maximum atomic E-state index is 11.3. The van der Waals surface area contributed by atoms with E-state index in [1.807, 2.05) is 24.5 Å². The van der Waals surface area contributed by atoms with Crippen LogP contribution in [-0.4, -0.2) is 28.7 Å². The van der Waals surface area contributed by atoms with Crippen molar-refractivity contribution in [3.8, 4) is 0 Å². The van der Waals surface area contributed by atoms with Crippen LogP contribution in [0.25, 0.3) is 11.0 Å². The smallest absolute Gasteiger partial charge is 0.324 e. The van der Waals surface area contributed by atoms with Crippen molar-refractivity contribution in [1.82, 2.24) is 9.55 Å². The molecular formula is C13H17N3O2. The van der Waals surface area contributed by atoms with Gasteiger partial charge in [-0.25, -0.2) is 4.98 Å². The Morgan fingerprint density at radius 2 is 2.11 bits per heavy atom. The first kappa shape index (κ1) is 12.6. The van der Waals surface area contributed by atoms with Gasteiger partial charge in [0.05, 0.1) is 31.0 Å². The molecule has 1 aromatic heterocycles. The van der Waals surface area contributed by atoms with E-state index in [9.17, 15) is 4.79 Å². The molecule has 5 heteroatoms. The Bertz CT molecular complexity index is 589. The van der Waals surface area contributed by atoms with E-state index in [0.29, 0.717) is 6.54 Å². The summed E-state index contributed by atoms with van der Waals surface area (Å²) in [5.74, 6) is -0.416. The lowest BCUT2D eigenvalue weighted by molar-refractivity contribution is -0.142. The van der Waals surface area contributed by atoms with Gasteiger partial charge in [0.1, 0.15) is 6.04 Å². The Morgan fingerprint density at radius 1 is 1.44 bits per heavy atom. The minimum absolute atomic E-state index is 0.367. The molecule has 0 bridgehead atoms. The molecule has 0 radical (unpaired) electrons. The van der Waals surface area contributed by atoms with Crippen LogP contribution in [0, 0.1) is 13.8 Å². The summed E-state index contributed by atoms with van der Waals surface area (Å²) >= 11 is 0. The summed E-state index contributed by atoms with van der Waals surface area (Å²) in [6.45, 7) is 4.46. The van der Waals surface area contributed by atoms with E-state index >= 15 is 0 Å². The minimum Gasteiger partial charge on any atom is -0.468 e. The number of hydrogen-bond acceptors (Lipinski definition) is 4. The fraction of sp³-hybridized carbons (Fsp3) is 0.385. The summed E-state index contributed by atoms with van der Waals surface area (Å²) in [7, 11) is 1.34. The highest BCUT2D eigenvalue weighted by Crippen LogP contribution is 2.18. The van der Waals surface area contributed by atoms with Crippen molar-refractivity contribution in [1.29, 1.82) is 0 Å². The quantitative estimate of drug-likeness (QED) is 0.826. The third-order valence-corrected chi connectivity index (χ3v) is 3.13. The van der Waals surface area contributed by atoms with Crippen molar-refractivity contribution in [3.05, 3.63) is 29.6 Å². The Hall–Kier alpha value is -1.88. The fourth-order valence-corrected chi connectivity index (χ4v) is 1.90. The SMILES string of the molecule is COC(=O)C(N)Cn1cnc2cc(C)c(C)cc21. The third kappa shape index (κ3) is 2.22. The molecule has 1 aromatic carbocycles. The number of esters is 1. The summed E-state index contributed by atoms with van der Waals surface area (Å²) in [5.41, 5.74) is 10.0. The van der Waals surface area contributed by atoms with Gasteiger partial charge in [-0.2, -0.15) is 0 Å². The maximum Gasteiger partial charge on any atom is 0.324 e. The first-order valence-electron chi connectivity index (χ1n) is 5.78. The number of nitrogens with zero attached hydrogens (tertiary/aromatic N) is 2. The van der Waals surface area contributed by atoms with Crippen LogP contribution in [-0.2, 0) is 16.1 Å². The normalized spacial score (nSPS) is 12.7. The molecule has 0 saturated heterocycles. The van der Waals surface area contributed by atoms with Gasteiger partial charge in [-0.05, 0) is 37.1 Å². The molecule has 1 heterocycles. The number of imidazole rings is 1. The van der Waals surface area contributed by atoms with Gasteiger partial charge < -0.3 is 15.0 Å². The highest BCUT2D eigenvalue weighted by atomic mass is 16.5. The van der Waals surface area contributed by atoms with Crippen molar-refractivity contribution < 1.29 is 9.53 Å². The van der Waals surface area contributed by atoms with E-state index in [2.05, 4.69) is 15.8 Å². The van der Waals surface area contributed by atoms with E-state index in [1.54, 1.807) is 6.33 Å². The number of carbonyl (C=O) groups excluding carboxylic acids is 1. The molecule has 96 valence electrons. The lowest BCUT2D eigenvalue weighted by Gasteiger charge is -2.11. The van der Waals surface area contributed by atoms with Crippen LogP contribution in [0.3, 0.4) is 0 Å². The maximum absolute atomic E-state index is 11.3. The van der Waals surface area contributed by atoms with Crippen LogP contribution < -0.4 is 5.73 Å². The molecule has 0 aliphatic carbocycles. The van der Waals surface area contributed by atoms with Crippen LogP contribution in [0.4, 0.5) is 0 Å². The van der Waals surface area contributed by atoms with Crippen molar-refractivity contribution in [2.24, 2.45) is 5.73 Å². The second-order valence-corrected chi connectivity index (χ2v) is 4.45. The monoisotopic (exact) mass is 247 g/mol. The molecule has 0 spiro atoms. The Morgan fingerprint density at radius 3 is 2.78 bits per heavy atom. The molecule has 0 aliphatic rings. The van der Waals surface area contributed by atoms with Crippen molar-refractivity contribution in [3.63, 3.8) is 0 Å². The van der Waals surface area contributed by atoms with E-state index < -0.39 is 12.0 Å². The van der Waals surface area contributed by atoms with Gasteiger partial charge >= 0.3 is 5.97 Å². The average molecular weight is 247 g/mol. The number of ether oxygens (including phenoxy) is 1. The van der Waals surface area contributed by atoms with Crippen LogP contribution in [0.2, 0.25) is 0 Å². The number of aromatic nitrogens is 2. The number of benzene rings is 1. The molecule has 1 unspecified atom stereocenters. The molecule has 1 atom stereocenters. The number of carbonyl (C=O) groups is 1. The van der Waals surface area contributed by atoms with Crippen LogP contribution in [0.5, 0.6) is 0 Å². The van der Waals surface area contributed by atoms with Gasteiger partial charge in [0.2, 0.25) is 0 Å². The van der Waals surface area contributed by atoms with Gasteiger partial charge in [0, 0.05) is 0 Å². The second kappa shape index (κ2) is 4.78. The average Bonchev–Trinajstić information content (AvgIpc) is 2.71. The molecule has 0 fully saturated rings.